The topological polar surface area (TPSA) is 77.2 Å². The average molecular weight is 405 g/mol. The Bertz CT molecular complexity index is 950. The number of carbonyl (C=O) groups is 1. The first-order valence-electron chi connectivity index (χ1n) is 8.40. The van der Waals surface area contributed by atoms with Crippen LogP contribution in [0.5, 0.6) is 5.75 Å². The number of carbonyl (C=O) groups excluding carboxylic acids is 1. The summed E-state index contributed by atoms with van der Waals surface area (Å²) in [5.41, 5.74) is 0.483. The molecular formula is C19H17F2N3O3S. The van der Waals surface area contributed by atoms with E-state index in [-0.39, 0.29) is 28.6 Å². The van der Waals surface area contributed by atoms with Crippen molar-refractivity contribution in [1.29, 1.82) is 0 Å². The molecule has 0 bridgehead atoms. The number of thioether (sulfide) groups is 1. The summed E-state index contributed by atoms with van der Waals surface area (Å²) in [6.07, 6.45) is -0.665. The number of amides is 1. The predicted molar refractivity (Wildman–Crippen MR) is 100 cm³/mol. The van der Waals surface area contributed by atoms with Gasteiger partial charge in [0.25, 0.3) is 11.1 Å². The highest BCUT2D eigenvalue weighted by molar-refractivity contribution is 8.00. The van der Waals surface area contributed by atoms with E-state index >= 15 is 0 Å². The second kappa shape index (κ2) is 8.83. The van der Waals surface area contributed by atoms with E-state index in [4.69, 9.17) is 9.15 Å². The molecule has 1 heterocycles. The second-order valence-electron chi connectivity index (χ2n) is 5.85. The fourth-order valence-electron chi connectivity index (χ4n) is 2.20. The maximum absolute atomic E-state index is 13.7. The molecule has 1 aromatic heterocycles. The third kappa shape index (κ3) is 5.07. The van der Waals surface area contributed by atoms with Crippen LogP contribution in [0.4, 0.5) is 14.5 Å². The highest BCUT2D eigenvalue weighted by Crippen LogP contribution is 2.27. The van der Waals surface area contributed by atoms with Gasteiger partial charge in [-0.3, -0.25) is 4.79 Å². The molecule has 0 saturated carbocycles. The zero-order valence-electron chi connectivity index (χ0n) is 15.1. The van der Waals surface area contributed by atoms with Gasteiger partial charge in [-0.1, -0.05) is 23.9 Å². The molecule has 0 aliphatic carbocycles. The molecule has 6 nitrogen and oxygen atoms in total. The Morgan fingerprint density at radius 3 is 2.54 bits per heavy atom. The monoisotopic (exact) mass is 405 g/mol. The molecular weight excluding hydrogens is 388 g/mol. The largest absolute Gasteiger partial charge is 0.478 e. The predicted octanol–water partition coefficient (Wildman–Crippen LogP) is 4.61. The van der Waals surface area contributed by atoms with Crippen LogP contribution in [0.3, 0.4) is 0 Å². The Hall–Kier alpha value is -2.94. The number of hydrogen-bond acceptors (Lipinski definition) is 6. The number of halogens is 2. The molecule has 2 aromatic carbocycles. The van der Waals surface area contributed by atoms with Gasteiger partial charge < -0.3 is 14.5 Å². The summed E-state index contributed by atoms with van der Waals surface area (Å²) in [6.45, 7) is 3.33. The Labute approximate surface area is 164 Å². The molecule has 0 aliphatic heterocycles. The maximum Gasteiger partial charge on any atom is 0.277 e. The zero-order chi connectivity index (χ0) is 20.1. The number of nitrogens with one attached hydrogen (secondary N) is 1. The molecule has 9 heteroatoms. The fourth-order valence-corrected chi connectivity index (χ4v) is 2.89. The number of benzene rings is 2. The molecule has 1 amide bonds. The number of rotatable bonds is 7. The lowest BCUT2D eigenvalue weighted by molar-refractivity contribution is -0.115. The van der Waals surface area contributed by atoms with Crippen molar-refractivity contribution in [2.24, 2.45) is 0 Å². The molecule has 0 saturated heterocycles. The number of hydrogen-bond donors (Lipinski definition) is 1. The van der Waals surface area contributed by atoms with Gasteiger partial charge in [-0.15, -0.1) is 10.2 Å². The maximum atomic E-state index is 13.7. The van der Waals surface area contributed by atoms with Crippen LogP contribution < -0.4 is 10.1 Å². The molecule has 28 heavy (non-hydrogen) atoms. The number of anilines is 1. The molecule has 3 rings (SSSR count). The lowest BCUT2D eigenvalue weighted by Gasteiger charge is -2.11. The highest BCUT2D eigenvalue weighted by Gasteiger charge is 2.21. The lowest BCUT2D eigenvalue weighted by Crippen LogP contribution is -2.22. The molecule has 0 radical (unpaired) electrons. The first kappa shape index (κ1) is 19.8. The van der Waals surface area contributed by atoms with Crippen molar-refractivity contribution in [1.82, 2.24) is 10.2 Å². The average Bonchev–Trinajstić information content (AvgIpc) is 3.14. The van der Waals surface area contributed by atoms with Gasteiger partial charge in [0.05, 0.1) is 5.25 Å². The van der Waals surface area contributed by atoms with E-state index in [1.54, 1.807) is 26.0 Å². The number of para-hydroxylation sites is 1. The van der Waals surface area contributed by atoms with Crippen LogP contribution in [0, 0.1) is 11.6 Å². The van der Waals surface area contributed by atoms with E-state index in [2.05, 4.69) is 15.5 Å². The summed E-state index contributed by atoms with van der Waals surface area (Å²) < 4.78 is 37.6. The van der Waals surface area contributed by atoms with Crippen LogP contribution in [0.2, 0.25) is 0 Å². The molecule has 3 aromatic rings. The standard InChI is InChI=1S/C19H17F2N3O3S/c1-11(26-16-6-4-3-5-15(16)21)18-23-24-19(27-18)28-12(2)17(25)22-14-9-7-13(20)8-10-14/h3-12H,1-2H3,(H,22,25)/t11-,12+/m1/s1. The zero-order valence-corrected chi connectivity index (χ0v) is 15.9. The van der Waals surface area contributed by atoms with Crippen LogP contribution in [-0.4, -0.2) is 21.4 Å². The summed E-state index contributed by atoms with van der Waals surface area (Å²) in [6, 6.07) is 11.5. The van der Waals surface area contributed by atoms with Crippen LogP contribution in [-0.2, 0) is 4.79 Å². The third-order valence-corrected chi connectivity index (χ3v) is 4.60. The van der Waals surface area contributed by atoms with E-state index in [0.29, 0.717) is 5.69 Å². The minimum absolute atomic E-state index is 0.0782. The van der Waals surface area contributed by atoms with E-state index < -0.39 is 17.2 Å². The SMILES string of the molecule is C[C@H](Sc1nnc([C@@H](C)Oc2ccccc2F)o1)C(=O)Nc1ccc(F)cc1. The van der Waals surface area contributed by atoms with Crippen molar-refractivity contribution in [3.63, 3.8) is 0 Å². The quantitative estimate of drug-likeness (QED) is 0.579. The van der Waals surface area contributed by atoms with Crippen molar-refractivity contribution in [2.75, 3.05) is 5.32 Å². The van der Waals surface area contributed by atoms with E-state index in [0.717, 1.165) is 11.8 Å². The molecule has 0 fully saturated rings. The van der Waals surface area contributed by atoms with Gasteiger partial charge in [0.15, 0.2) is 17.7 Å². The molecule has 0 aliphatic rings. The number of ether oxygens (including phenoxy) is 1. The molecule has 1 N–H and O–H groups in total. The normalized spacial score (nSPS) is 13.0. The highest BCUT2D eigenvalue weighted by atomic mass is 32.2. The van der Waals surface area contributed by atoms with Crippen molar-refractivity contribution in [3.8, 4) is 5.75 Å². The summed E-state index contributed by atoms with van der Waals surface area (Å²) in [4.78, 5) is 12.2. The van der Waals surface area contributed by atoms with Crippen molar-refractivity contribution < 1.29 is 22.7 Å². The Kier molecular flexibility index (Phi) is 6.25. The number of aromatic nitrogens is 2. The van der Waals surface area contributed by atoms with Crippen LogP contribution in [0.25, 0.3) is 0 Å². The smallest absolute Gasteiger partial charge is 0.277 e. The molecule has 146 valence electrons. The van der Waals surface area contributed by atoms with Crippen LogP contribution in [0.1, 0.15) is 25.8 Å². The minimum Gasteiger partial charge on any atom is -0.478 e. The van der Waals surface area contributed by atoms with Crippen LogP contribution >= 0.6 is 11.8 Å². The van der Waals surface area contributed by atoms with Gasteiger partial charge in [0.2, 0.25) is 5.91 Å². The molecule has 0 unspecified atom stereocenters. The summed E-state index contributed by atoms with van der Waals surface area (Å²) >= 11 is 1.07. The summed E-state index contributed by atoms with van der Waals surface area (Å²) in [5, 5.41) is 10.1. The Morgan fingerprint density at radius 1 is 1.11 bits per heavy atom. The second-order valence-corrected chi connectivity index (χ2v) is 7.14. The van der Waals surface area contributed by atoms with Crippen molar-refractivity contribution >= 4 is 23.4 Å². The van der Waals surface area contributed by atoms with Gasteiger partial charge in [0.1, 0.15) is 5.82 Å². The van der Waals surface area contributed by atoms with E-state index in [1.807, 2.05) is 0 Å². The summed E-state index contributed by atoms with van der Waals surface area (Å²) in [7, 11) is 0. The lowest BCUT2D eigenvalue weighted by atomic mass is 10.3. The van der Waals surface area contributed by atoms with Crippen molar-refractivity contribution in [2.45, 2.75) is 30.4 Å². The third-order valence-electron chi connectivity index (χ3n) is 3.67. The van der Waals surface area contributed by atoms with Crippen molar-refractivity contribution in [3.05, 3.63) is 66.1 Å². The van der Waals surface area contributed by atoms with Gasteiger partial charge in [-0.2, -0.15) is 0 Å². The Balaban J connectivity index is 1.58. The Morgan fingerprint density at radius 2 is 1.82 bits per heavy atom. The number of nitrogens with zero attached hydrogens (tertiary/aromatic N) is 2. The van der Waals surface area contributed by atoms with Gasteiger partial charge in [-0.05, 0) is 50.2 Å². The minimum atomic E-state index is -0.665. The van der Waals surface area contributed by atoms with Gasteiger partial charge in [0, 0.05) is 5.69 Å². The first-order valence-corrected chi connectivity index (χ1v) is 9.28. The first-order chi connectivity index (χ1) is 13.4. The van der Waals surface area contributed by atoms with E-state index in [1.165, 1.54) is 36.4 Å². The van der Waals surface area contributed by atoms with E-state index in [9.17, 15) is 13.6 Å². The molecule has 0 spiro atoms. The molecule has 2 atom stereocenters. The summed E-state index contributed by atoms with van der Waals surface area (Å²) in [5.74, 6) is -0.932. The van der Waals surface area contributed by atoms with Crippen LogP contribution in [0.15, 0.2) is 58.2 Å². The van der Waals surface area contributed by atoms with Gasteiger partial charge >= 0.3 is 0 Å². The fraction of sp³-hybridized carbons (Fsp3) is 0.211. The van der Waals surface area contributed by atoms with Gasteiger partial charge in [-0.25, -0.2) is 8.78 Å².